The van der Waals surface area contributed by atoms with Crippen LogP contribution in [-0.2, 0) is 4.79 Å². The van der Waals surface area contributed by atoms with Crippen LogP contribution in [0.3, 0.4) is 0 Å². The second kappa shape index (κ2) is 6.15. The van der Waals surface area contributed by atoms with Crippen molar-refractivity contribution in [2.24, 2.45) is 5.92 Å². The number of aromatic nitrogens is 2. The molecule has 6 nitrogen and oxygen atoms in total. The number of aliphatic carboxylic acids is 1. The summed E-state index contributed by atoms with van der Waals surface area (Å²) < 4.78 is 0. The Morgan fingerprint density at radius 1 is 1.53 bits per heavy atom. The first kappa shape index (κ1) is 13.4. The molecular formula is C10H12ClN3O3. The second-order valence-electron chi connectivity index (χ2n) is 3.51. The summed E-state index contributed by atoms with van der Waals surface area (Å²) in [5.41, 5.74) is 0.112. The Hall–Kier alpha value is -1.69. The maximum atomic E-state index is 11.5. The van der Waals surface area contributed by atoms with E-state index in [9.17, 15) is 9.59 Å². The Bertz CT molecular complexity index is 425. The van der Waals surface area contributed by atoms with Gasteiger partial charge in [-0.1, -0.05) is 18.5 Å². The van der Waals surface area contributed by atoms with E-state index in [0.29, 0.717) is 6.42 Å². The molecule has 0 bridgehead atoms. The lowest BCUT2D eigenvalue weighted by atomic mass is 10.1. The lowest BCUT2D eigenvalue weighted by Gasteiger charge is -2.07. The standard InChI is InChI=1S/C10H12ClN3O3/c1-6(10(16)17)2-3-13-9(15)7-4-12-5-8(11)14-7/h4-6H,2-3H2,1H3,(H,13,15)(H,16,17). The van der Waals surface area contributed by atoms with E-state index in [1.54, 1.807) is 6.92 Å². The first-order chi connectivity index (χ1) is 8.00. The zero-order chi connectivity index (χ0) is 12.8. The minimum absolute atomic E-state index is 0.112. The van der Waals surface area contributed by atoms with Crippen LogP contribution in [0.2, 0.25) is 5.15 Å². The quantitative estimate of drug-likeness (QED) is 0.820. The molecule has 0 aliphatic heterocycles. The Morgan fingerprint density at radius 2 is 2.24 bits per heavy atom. The van der Waals surface area contributed by atoms with Crippen LogP contribution >= 0.6 is 11.6 Å². The SMILES string of the molecule is CC(CCNC(=O)c1cncc(Cl)n1)C(=O)O. The first-order valence-corrected chi connectivity index (χ1v) is 5.37. The van der Waals surface area contributed by atoms with E-state index in [1.165, 1.54) is 12.4 Å². The highest BCUT2D eigenvalue weighted by Gasteiger charge is 2.12. The van der Waals surface area contributed by atoms with Gasteiger partial charge in [0.25, 0.3) is 5.91 Å². The number of rotatable bonds is 5. The minimum atomic E-state index is -0.887. The minimum Gasteiger partial charge on any atom is -0.481 e. The number of carbonyl (C=O) groups excluding carboxylic acids is 1. The highest BCUT2D eigenvalue weighted by Crippen LogP contribution is 2.03. The molecule has 0 aromatic carbocycles. The Kier molecular flexibility index (Phi) is 4.84. The number of carboxylic acids is 1. The zero-order valence-electron chi connectivity index (χ0n) is 9.18. The third-order valence-corrected chi connectivity index (χ3v) is 2.30. The number of carbonyl (C=O) groups is 2. The second-order valence-corrected chi connectivity index (χ2v) is 3.90. The highest BCUT2D eigenvalue weighted by molar-refractivity contribution is 6.29. The van der Waals surface area contributed by atoms with Gasteiger partial charge < -0.3 is 10.4 Å². The van der Waals surface area contributed by atoms with E-state index in [0.717, 1.165) is 0 Å². The maximum Gasteiger partial charge on any atom is 0.306 e. The normalized spacial score (nSPS) is 11.9. The number of halogens is 1. The molecular weight excluding hydrogens is 246 g/mol. The average molecular weight is 258 g/mol. The monoisotopic (exact) mass is 257 g/mol. The molecule has 0 spiro atoms. The zero-order valence-corrected chi connectivity index (χ0v) is 9.94. The third-order valence-electron chi connectivity index (χ3n) is 2.12. The van der Waals surface area contributed by atoms with Gasteiger partial charge in [-0.05, 0) is 6.42 Å². The summed E-state index contributed by atoms with van der Waals surface area (Å²) in [6.07, 6.45) is 2.97. The van der Waals surface area contributed by atoms with Crippen LogP contribution in [0.1, 0.15) is 23.8 Å². The lowest BCUT2D eigenvalue weighted by Crippen LogP contribution is -2.27. The van der Waals surface area contributed by atoms with Crippen molar-refractivity contribution in [3.05, 3.63) is 23.2 Å². The maximum absolute atomic E-state index is 11.5. The molecule has 0 fully saturated rings. The van der Waals surface area contributed by atoms with Crippen LogP contribution in [0.5, 0.6) is 0 Å². The van der Waals surface area contributed by atoms with Gasteiger partial charge in [0.1, 0.15) is 10.8 Å². The van der Waals surface area contributed by atoms with Crippen LogP contribution in [0.25, 0.3) is 0 Å². The number of hydrogen-bond donors (Lipinski definition) is 2. The summed E-state index contributed by atoms with van der Waals surface area (Å²) in [5.74, 6) is -1.81. The van der Waals surface area contributed by atoms with E-state index in [1.807, 2.05) is 0 Å². The van der Waals surface area contributed by atoms with Crippen LogP contribution in [0, 0.1) is 5.92 Å². The van der Waals surface area contributed by atoms with Gasteiger partial charge in [0.2, 0.25) is 0 Å². The van der Waals surface area contributed by atoms with Crippen molar-refractivity contribution in [2.75, 3.05) is 6.54 Å². The molecule has 0 saturated heterocycles. The van der Waals surface area contributed by atoms with Crippen molar-refractivity contribution < 1.29 is 14.7 Å². The van der Waals surface area contributed by atoms with Crippen molar-refractivity contribution in [3.8, 4) is 0 Å². The van der Waals surface area contributed by atoms with Crippen LogP contribution in [-0.4, -0.2) is 33.5 Å². The number of nitrogens with zero attached hydrogens (tertiary/aromatic N) is 2. The molecule has 1 amide bonds. The average Bonchev–Trinajstić information content (AvgIpc) is 2.28. The highest BCUT2D eigenvalue weighted by atomic mass is 35.5. The fourth-order valence-electron chi connectivity index (χ4n) is 1.07. The molecule has 1 unspecified atom stereocenters. The van der Waals surface area contributed by atoms with Gasteiger partial charge in [0, 0.05) is 6.54 Å². The van der Waals surface area contributed by atoms with Gasteiger partial charge in [0.05, 0.1) is 18.3 Å². The van der Waals surface area contributed by atoms with Crippen LogP contribution in [0.15, 0.2) is 12.4 Å². The van der Waals surface area contributed by atoms with Gasteiger partial charge in [-0.15, -0.1) is 0 Å². The lowest BCUT2D eigenvalue weighted by molar-refractivity contribution is -0.141. The fraction of sp³-hybridized carbons (Fsp3) is 0.400. The van der Waals surface area contributed by atoms with Gasteiger partial charge in [0.15, 0.2) is 0 Å². The predicted molar refractivity (Wildman–Crippen MR) is 60.8 cm³/mol. The Labute approximate surface area is 103 Å². The summed E-state index contributed by atoms with van der Waals surface area (Å²) in [6.45, 7) is 1.84. The summed E-state index contributed by atoms with van der Waals surface area (Å²) in [7, 11) is 0. The summed E-state index contributed by atoms with van der Waals surface area (Å²) >= 11 is 5.58. The molecule has 1 aromatic rings. The molecule has 1 heterocycles. The molecule has 1 aromatic heterocycles. The van der Waals surface area contributed by atoms with Crippen LogP contribution in [0.4, 0.5) is 0 Å². The summed E-state index contributed by atoms with van der Waals surface area (Å²) in [5, 5.41) is 11.3. The van der Waals surface area contributed by atoms with Crippen molar-refractivity contribution >= 4 is 23.5 Å². The molecule has 2 N–H and O–H groups in total. The molecule has 0 radical (unpaired) electrons. The largest absolute Gasteiger partial charge is 0.481 e. The van der Waals surface area contributed by atoms with Gasteiger partial charge in [-0.2, -0.15) is 0 Å². The van der Waals surface area contributed by atoms with E-state index < -0.39 is 17.8 Å². The summed E-state index contributed by atoms with van der Waals surface area (Å²) in [4.78, 5) is 29.6. The smallest absolute Gasteiger partial charge is 0.306 e. The van der Waals surface area contributed by atoms with E-state index in [4.69, 9.17) is 16.7 Å². The number of carboxylic acid groups (broad SMARTS) is 1. The molecule has 92 valence electrons. The molecule has 1 rings (SSSR count). The van der Waals surface area contributed by atoms with Crippen molar-refractivity contribution in [1.29, 1.82) is 0 Å². The van der Waals surface area contributed by atoms with Crippen LogP contribution < -0.4 is 5.32 Å². The van der Waals surface area contributed by atoms with Crippen molar-refractivity contribution in [3.63, 3.8) is 0 Å². The Morgan fingerprint density at radius 3 is 2.82 bits per heavy atom. The first-order valence-electron chi connectivity index (χ1n) is 4.99. The molecule has 17 heavy (non-hydrogen) atoms. The van der Waals surface area contributed by atoms with Crippen molar-refractivity contribution in [1.82, 2.24) is 15.3 Å². The van der Waals surface area contributed by atoms with E-state index in [2.05, 4.69) is 15.3 Å². The molecule has 0 saturated carbocycles. The van der Waals surface area contributed by atoms with Gasteiger partial charge in [-0.3, -0.25) is 14.6 Å². The molecule has 0 aliphatic rings. The van der Waals surface area contributed by atoms with Crippen molar-refractivity contribution in [2.45, 2.75) is 13.3 Å². The summed E-state index contributed by atoms with van der Waals surface area (Å²) in [6, 6.07) is 0. The number of hydrogen-bond acceptors (Lipinski definition) is 4. The number of nitrogens with one attached hydrogen (secondary N) is 1. The van der Waals surface area contributed by atoms with Gasteiger partial charge >= 0.3 is 5.97 Å². The molecule has 0 aliphatic carbocycles. The predicted octanol–water partition coefficient (Wildman–Crippen LogP) is 0.971. The van der Waals surface area contributed by atoms with E-state index >= 15 is 0 Å². The molecule has 7 heteroatoms. The number of amides is 1. The van der Waals surface area contributed by atoms with E-state index in [-0.39, 0.29) is 17.4 Å². The third kappa shape index (κ3) is 4.36. The fourth-order valence-corrected chi connectivity index (χ4v) is 1.22. The molecule has 1 atom stereocenters. The Balaban J connectivity index is 2.43. The van der Waals surface area contributed by atoms with Gasteiger partial charge in [-0.25, -0.2) is 4.98 Å². The topological polar surface area (TPSA) is 92.2 Å².